The lowest BCUT2D eigenvalue weighted by molar-refractivity contribution is -0.145. The highest BCUT2D eigenvalue weighted by atomic mass is 35.5. The van der Waals surface area contributed by atoms with Crippen molar-refractivity contribution < 1.29 is 14.7 Å². The molecule has 164 valence electrons. The Kier molecular flexibility index (Phi) is 6.17. The van der Waals surface area contributed by atoms with Crippen LogP contribution in [0.3, 0.4) is 0 Å². The van der Waals surface area contributed by atoms with Gasteiger partial charge in [0.1, 0.15) is 0 Å². The number of piperidine rings is 1. The molecule has 2 aromatic carbocycles. The molecule has 0 bridgehead atoms. The Morgan fingerprint density at radius 1 is 1.12 bits per heavy atom. The van der Waals surface area contributed by atoms with Crippen LogP contribution in [0.5, 0.6) is 0 Å². The number of carbonyl (C=O) groups excluding carboxylic acids is 1. The number of amides is 1. The predicted molar refractivity (Wildman–Crippen MR) is 123 cm³/mol. The van der Waals surface area contributed by atoms with E-state index in [2.05, 4.69) is 9.97 Å². The predicted octanol–water partition coefficient (Wildman–Crippen LogP) is 5.53. The highest BCUT2D eigenvalue weighted by molar-refractivity contribution is 6.30. The van der Waals surface area contributed by atoms with Gasteiger partial charge in [0.15, 0.2) is 5.82 Å². The molecule has 3 unspecified atom stereocenters. The van der Waals surface area contributed by atoms with Crippen molar-refractivity contribution in [1.29, 1.82) is 0 Å². The van der Waals surface area contributed by atoms with Crippen LogP contribution in [0.2, 0.25) is 10.0 Å². The number of aromatic nitrogens is 2. The Labute approximate surface area is 195 Å². The Bertz CT molecular complexity index is 1140. The van der Waals surface area contributed by atoms with Crippen molar-refractivity contribution >= 4 is 40.9 Å². The third-order valence-corrected chi connectivity index (χ3v) is 6.38. The molecule has 3 aromatic rings. The molecule has 1 aliphatic heterocycles. The van der Waals surface area contributed by atoms with E-state index in [1.165, 1.54) is 18.6 Å². The van der Waals surface area contributed by atoms with Gasteiger partial charge in [-0.15, -0.1) is 0 Å². The van der Waals surface area contributed by atoms with Crippen molar-refractivity contribution in [3.63, 3.8) is 0 Å². The first-order valence-corrected chi connectivity index (χ1v) is 10.9. The van der Waals surface area contributed by atoms with Gasteiger partial charge in [-0.2, -0.15) is 0 Å². The largest absolute Gasteiger partial charge is 0.481 e. The molecule has 1 N–H and O–H groups in total. The van der Waals surface area contributed by atoms with Crippen molar-refractivity contribution in [1.82, 2.24) is 9.97 Å². The number of carbonyl (C=O) groups is 2. The van der Waals surface area contributed by atoms with Gasteiger partial charge in [0.05, 0.1) is 24.1 Å². The fraction of sp³-hybridized carbons (Fsp3) is 0.250. The number of hydrogen-bond donors (Lipinski definition) is 1. The molecule has 0 aliphatic carbocycles. The maximum atomic E-state index is 13.8. The Morgan fingerprint density at radius 3 is 2.50 bits per heavy atom. The van der Waals surface area contributed by atoms with Crippen LogP contribution < -0.4 is 4.90 Å². The number of carboxylic acids is 1. The summed E-state index contributed by atoms with van der Waals surface area (Å²) in [5.41, 5.74) is 0.630. The molecule has 6 nitrogen and oxygen atoms in total. The summed E-state index contributed by atoms with van der Waals surface area (Å²) in [7, 11) is 0. The summed E-state index contributed by atoms with van der Waals surface area (Å²) in [6.45, 7) is 1.70. The maximum absolute atomic E-state index is 13.8. The molecular weight excluding hydrogens is 449 g/mol. The summed E-state index contributed by atoms with van der Waals surface area (Å²) in [5, 5.41) is 10.7. The highest BCUT2D eigenvalue weighted by Crippen LogP contribution is 2.52. The smallest absolute Gasteiger partial charge is 0.304 e. The van der Waals surface area contributed by atoms with Gasteiger partial charge in [-0.1, -0.05) is 54.4 Å². The Balaban J connectivity index is 1.94. The third-order valence-electron chi connectivity index (χ3n) is 5.89. The van der Waals surface area contributed by atoms with Crippen LogP contribution in [-0.2, 0) is 9.59 Å². The first kappa shape index (κ1) is 22.2. The summed E-state index contributed by atoms with van der Waals surface area (Å²) in [6.07, 6.45) is 4.59. The van der Waals surface area contributed by atoms with E-state index in [1.807, 2.05) is 30.3 Å². The normalized spacial score (nSPS) is 23.2. The van der Waals surface area contributed by atoms with Gasteiger partial charge in [0.2, 0.25) is 5.91 Å². The maximum Gasteiger partial charge on any atom is 0.304 e. The molecule has 32 heavy (non-hydrogen) atoms. The van der Waals surface area contributed by atoms with Gasteiger partial charge in [0, 0.05) is 28.4 Å². The summed E-state index contributed by atoms with van der Waals surface area (Å²) in [5.74, 6) is -1.21. The Morgan fingerprint density at radius 2 is 1.88 bits per heavy atom. The summed E-state index contributed by atoms with van der Waals surface area (Å²) in [4.78, 5) is 35.6. The lowest BCUT2D eigenvalue weighted by atomic mass is 9.67. The number of carboxylic acid groups (broad SMARTS) is 1. The average Bonchev–Trinajstić information content (AvgIpc) is 2.76. The summed E-state index contributed by atoms with van der Waals surface area (Å²) in [6, 6.07) is 14.3. The number of anilines is 1. The number of halogens is 2. The number of rotatable bonds is 5. The third kappa shape index (κ3) is 4.33. The van der Waals surface area contributed by atoms with E-state index in [1.54, 1.807) is 30.0 Å². The lowest BCUT2D eigenvalue weighted by Gasteiger charge is -2.48. The molecule has 8 heteroatoms. The summed E-state index contributed by atoms with van der Waals surface area (Å²) < 4.78 is 0. The van der Waals surface area contributed by atoms with Gasteiger partial charge in [0.25, 0.3) is 0 Å². The fourth-order valence-corrected chi connectivity index (χ4v) is 4.83. The highest BCUT2D eigenvalue weighted by Gasteiger charge is 2.51. The van der Waals surface area contributed by atoms with E-state index < -0.39 is 17.4 Å². The molecule has 4 rings (SSSR count). The quantitative estimate of drug-likeness (QED) is 0.531. The van der Waals surface area contributed by atoms with Gasteiger partial charge >= 0.3 is 5.97 Å². The first-order chi connectivity index (χ1) is 15.3. The van der Waals surface area contributed by atoms with Crippen LogP contribution in [0.4, 0.5) is 5.82 Å². The fourth-order valence-electron chi connectivity index (χ4n) is 4.50. The molecule has 0 spiro atoms. The van der Waals surface area contributed by atoms with E-state index in [0.717, 1.165) is 11.1 Å². The number of nitrogens with zero attached hydrogens (tertiary/aromatic N) is 3. The minimum Gasteiger partial charge on any atom is -0.481 e. The van der Waals surface area contributed by atoms with Crippen LogP contribution in [0, 0.1) is 5.41 Å². The van der Waals surface area contributed by atoms with Crippen LogP contribution in [0.15, 0.2) is 67.1 Å². The van der Waals surface area contributed by atoms with E-state index >= 15 is 0 Å². The zero-order valence-electron chi connectivity index (χ0n) is 17.3. The molecule has 1 saturated heterocycles. The van der Waals surface area contributed by atoms with Gasteiger partial charge in [-0.25, -0.2) is 4.98 Å². The first-order valence-electron chi connectivity index (χ1n) is 10.1. The monoisotopic (exact) mass is 469 g/mol. The van der Waals surface area contributed by atoms with Crippen LogP contribution in [0.25, 0.3) is 0 Å². The van der Waals surface area contributed by atoms with Crippen LogP contribution in [0.1, 0.15) is 42.9 Å². The molecule has 0 saturated carbocycles. The molecular formula is C24H21Cl2N3O3. The van der Waals surface area contributed by atoms with Crippen molar-refractivity contribution in [2.24, 2.45) is 5.41 Å². The second-order valence-corrected chi connectivity index (χ2v) is 9.10. The minimum absolute atomic E-state index is 0.237. The van der Waals surface area contributed by atoms with E-state index in [9.17, 15) is 14.7 Å². The Hall–Kier alpha value is -2.96. The van der Waals surface area contributed by atoms with Crippen LogP contribution in [-0.4, -0.2) is 27.0 Å². The molecule has 2 heterocycles. The van der Waals surface area contributed by atoms with E-state index in [4.69, 9.17) is 23.2 Å². The molecule has 0 radical (unpaired) electrons. The number of benzene rings is 2. The standard InChI is InChI=1S/C24H21Cl2N3O3/c1-24(13-21(30)31)12-19(16-3-2-4-18(26)11-16)22(15-5-7-17(25)8-6-15)29(23(24)32)20-14-27-9-10-28-20/h2-11,14,19,22H,12-13H2,1H3,(H,30,31). The van der Waals surface area contributed by atoms with Crippen molar-refractivity contribution in [2.75, 3.05) is 4.90 Å². The zero-order valence-corrected chi connectivity index (χ0v) is 18.8. The van der Waals surface area contributed by atoms with Crippen molar-refractivity contribution in [2.45, 2.75) is 31.7 Å². The average molecular weight is 470 g/mol. The van der Waals surface area contributed by atoms with Crippen molar-refractivity contribution in [3.8, 4) is 0 Å². The van der Waals surface area contributed by atoms with Crippen molar-refractivity contribution in [3.05, 3.63) is 88.3 Å². The zero-order chi connectivity index (χ0) is 22.9. The van der Waals surface area contributed by atoms with E-state index in [0.29, 0.717) is 22.3 Å². The molecule has 1 amide bonds. The second kappa shape index (κ2) is 8.88. The van der Waals surface area contributed by atoms with Gasteiger partial charge in [-0.3, -0.25) is 19.5 Å². The summed E-state index contributed by atoms with van der Waals surface area (Å²) >= 11 is 12.4. The molecule has 1 fully saturated rings. The van der Waals surface area contributed by atoms with Gasteiger partial charge in [-0.05, 0) is 41.8 Å². The molecule has 1 aliphatic rings. The molecule has 3 atom stereocenters. The molecule has 1 aromatic heterocycles. The van der Waals surface area contributed by atoms with Gasteiger partial charge < -0.3 is 5.11 Å². The lowest BCUT2D eigenvalue weighted by Crippen LogP contribution is -2.53. The topological polar surface area (TPSA) is 83.4 Å². The number of aliphatic carboxylic acids is 1. The minimum atomic E-state index is -1.14. The van der Waals surface area contributed by atoms with E-state index in [-0.39, 0.29) is 18.2 Å². The SMILES string of the molecule is CC1(CC(=O)O)CC(c2cccc(Cl)c2)C(c2ccc(Cl)cc2)N(c2cnccn2)C1=O. The van der Waals surface area contributed by atoms with Crippen LogP contribution >= 0.6 is 23.2 Å². The number of hydrogen-bond acceptors (Lipinski definition) is 4. The second-order valence-electron chi connectivity index (χ2n) is 8.23.